The van der Waals surface area contributed by atoms with Crippen LogP contribution in [0.2, 0.25) is 0 Å². The summed E-state index contributed by atoms with van der Waals surface area (Å²) in [5, 5.41) is 2.73. The van der Waals surface area contributed by atoms with Gasteiger partial charge in [-0.25, -0.2) is 4.99 Å². The average Bonchev–Trinajstić information content (AvgIpc) is 2.47. The van der Waals surface area contributed by atoms with Crippen LogP contribution in [0.3, 0.4) is 0 Å². The Labute approximate surface area is 115 Å². The summed E-state index contributed by atoms with van der Waals surface area (Å²) in [4.78, 5) is 18.5. The molecule has 3 N–H and O–H groups in total. The number of nitrogens with two attached hydrogens (primary N) is 1. The Balaban J connectivity index is 1.92. The van der Waals surface area contributed by atoms with Gasteiger partial charge in [0.2, 0.25) is 5.91 Å². The number of hydrogen-bond donors (Lipinski definition) is 2. The molecule has 5 heteroatoms. The van der Waals surface area contributed by atoms with Gasteiger partial charge in [0.15, 0.2) is 5.96 Å². The Bertz CT molecular complexity index is 336. The van der Waals surface area contributed by atoms with Gasteiger partial charge in [-0.05, 0) is 25.7 Å². The van der Waals surface area contributed by atoms with E-state index in [1.807, 2.05) is 0 Å². The molecule has 5 nitrogen and oxygen atoms in total. The van der Waals surface area contributed by atoms with Gasteiger partial charge in [0.25, 0.3) is 0 Å². The highest BCUT2D eigenvalue weighted by Crippen LogP contribution is 2.21. The normalized spacial score (nSPS) is 26.3. The number of carbonyl (C=O) groups excluding carboxylic acids is 1. The van der Waals surface area contributed by atoms with E-state index < -0.39 is 0 Å². The first kappa shape index (κ1) is 14.2. The highest BCUT2D eigenvalue weighted by Gasteiger charge is 2.26. The molecule has 0 radical (unpaired) electrons. The van der Waals surface area contributed by atoms with E-state index in [4.69, 9.17) is 5.73 Å². The molecule has 1 atom stereocenters. The summed E-state index contributed by atoms with van der Waals surface area (Å²) in [7, 11) is 1.70. The molecule has 1 aliphatic heterocycles. The van der Waals surface area contributed by atoms with Gasteiger partial charge in [-0.3, -0.25) is 4.79 Å². The Morgan fingerprint density at radius 2 is 1.95 bits per heavy atom. The van der Waals surface area contributed by atoms with E-state index in [1.54, 1.807) is 7.05 Å². The van der Waals surface area contributed by atoms with E-state index in [0.717, 1.165) is 32.2 Å². The van der Waals surface area contributed by atoms with Gasteiger partial charge in [0.1, 0.15) is 0 Å². The molecule has 0 bridgehead atoms. The summed E-state index contributed by atoms with van der Waals surface area (Å²) in [6.07, 6.45) is 8.14. The minimum Gasteiger partial charge on any atom is -0.370 e. The second-order valence-electron chi connectivity index (χ2n) is 5.68. The third-order valence-electron chi connectivity index (χ3n) is 4.25. The molecular formula is C14H26N4O. The number of hydrogen-bond acceptors (Lipinski definition) is 2. The molecule has 0 aromatic carbocycles. The zero-order valence-corrected chi connectivity index (χ0v) is 11.9. The summed E-state index contributed by atoms with van der Waals surface area (Å²) in [5.41, 5.74) is 6.13. The molecule has 0 aromatic heterocycles. The summed E-state index contributed by atoms with van der Waals surface area (Å²) < 4.78 is 0. The minimum atomic E-state index is 0.0545. The lowest BCUT2D eigenvalue weighted by Crippen LogP contribution is -2.48. The van der Waals surface area contributed by atoms with Crippen LogP contribution in [0, 0.1) is 5.92 Å². The third kappa shape index (κ3) is 3.85. The zero-order chi connectivity index (χ0) is 13.7. The monoisotopic (exact) mass is 266 g/mol. The van der Waals surface area contributed by atoms with Crippen molar-refractivity contribution in [2.45, 2.75) is 51.0 Å². The lowest BCUT2D eigenvalue weighted by atomic mass is 9.96. The van der Waals surface area contributed by atoms with Crippen molar-refractivity contribution in [3.05, 3.63) is 0 Å². The maximum atomic E-state index is 11.7. The summed E-state index contributed by atoms with van der Waals surface area (Å²) in [6, 6.07) is 0.397. The Hall–Kier alpha value is -1.26. The Kier molecular flexibility index (Phi) is 5.05. The van der Waals surface area contributed by atoms with Gasteiger partial charge >= 0.3 is 0 Å². The van der Waals surface area contributed by atoms with Crippen LogP contribution in [0.25, 0.3) is 0 Å². The minimum absolute atomic E-state index is 0.0545. The number of likely N-dealkylation sites (tertiary alicyclic amines) is 1. The van der Waals surface area contributed by atoms with Crippen molar-refractivity contribution in [3.8, 4) is 0 Å². The van der Waals surface area contributed by atoms with Crippen LogP contribution < -0.4 is 11.1 Å². The molecule has 2 fully saturated rings. The van der Waals surface area contributed by atoms with Crippen molar-refractivity contribution < 1.29 is 4.79 Å². The van der Waals surface area contributed by atoms with Crippen LogP contribution in [-0.4, -0.2) is 42.9 Å². The smallest absolute Gasteiger partial charge is 0.224 e. The highest BCUT2D eigenvalue weighted by atomic mass is 16.1. The first-order chi connectivity index (χ1) is 9.20. The van der Waals surface area contributed by atoms with Crippen LogP contribution >= 0.6 is 0 Å². The molecule has 2 aliphatic rings. The number of aliphatic imine (C=N–C) groups is 1. The molecule has 1 saturated carbocycles. The van der Waals surface area contributed by atoms with Crippen molar-refractivity contribution >= 4 is 11.9 Å². The number of nitrogens with one attached hydrogen (secondary N) is 1. The van der Waals surface area contributed by atoms with Crippen molar-refractivity contribution in [1.29, 1.82) is 0 Å². The van der Waals surface area contributed by atoms with E-state index in [1.165, 1.54) is 19.3 Å². The molecule has 1 unspecified atom stereocenters. The Morgan fingerprint density at radius 1 is 1.21 bits per heavy atom. The molecule has 1 saturated heterocycles. The van der Waals surface area contributed by atoms with Crippen molar-refractivity contribution in [1.82, 2.24) is 10.2 Å². The quantitative estimate of drug-likeness (QED) is 0.580. The largest absolute Gasteiger partial charge is 0.370 e. The standard InChI is InChI=1S/C14H26N4O/c1-16-13(19)11-6-5-9-18(10-11)14(15)17-12-7-3-2-4-8-12/h11-12H,2-10H2,1H3,(H2,15,17)(H,16,19). The van der Waals surface area contributed by atoms with Gasteiger partial charge in [0.05, 0.1) is 12.0 Å². The third-order valence-corrected chi connectivity index (χ3v) is 4.25. The van der Waals surface area contributed by atoms with Crippen LogP contribution in [0.15, 0.2) is 4.99 Å². The molecule has 0 aromatic rings. The fraction of sp³-hybridized carbons (Fsp3) is 0.857. The van der Waals surface area contributed by atoms with Crippen LogP contribution in [0.4, 0.5) is 0 Å². The topological polar surface area (TPSA) is 70.7 Å². The number of nitrogens with zero attached hydrogens (tertiary/aromatic N) is 2. The van der Waals surface area contributed by atoms with Gasteiger partial charge in [-0.2, -0.15) is 0 Å². The maximum absolute atomic E-state index is 11.7. The summed E-state index contributed by atoms with van der Waals surface area (Å²) in [5.74, 6) is 0.814. The van der Waals surface area contributed by atoms with E-state index in [-0.39, 0.29) is 11.8 Å². The molecule has 19 heavy (non-hydrogen) atoms. The highest BCUT2D eigenvalue weighted by molar-refractivity contribution is 5.82. The van der Waals surface area contributed by atoms with Crippen LogP contribution in [0.1, 0.15) is 44.9 Å². The summed E-state index contributed by atoms with van der Waals surface area (Å²) in [6.45, 7) is 1.64. The molecule has 1 amide bonds. The fourth-order valence-electron chi connectivity index (χ4n) is 3.08. The average molecular weight is 266 g/mol. The maximum Gasteiger partial charge on any atom is 0.224 e. The van der Waals surface area contributed by atoms with Gasteiger partial charge < -0.3 is 16.0 Å². The SMILES string of the molecule is CNC(=O)C1CCCN(C(N)=NC2CCCCC2)C1. The lowest BCUT2D eigenvalue weighted by molar-refractivity contribution is -0.125. The molecule has 0 spiro atoms. The van der Waals surface area contributed by atoms with E-state index in [9.17, 15) is 4.79 Å². The lowest BCUT2D eigenvalue weighted by Gasteiger charge is -2.33. The second-order valence-corrected chi connectivity index (χ2v) is 5.68. The van der Waals surface area contributed by atoms with E-state index >= 15 is 0 Å². The second kappa shape index (κ2) is 6.78. The number of amides is 1. The zero-order valence-electron chi connectivity index (χ0n) is 11.9. The molecule has 1 aliphatic carbocycles. The first-order valence-corrected chi connectivity index (χ1v) is 7.50. The number of guanidine groups is 1. The summed E-state index contributed by atoms with van der Waals surface area (Å²) >= 11 is 0. The van der Waals surface area contributed by atoms with Gasteiger partial charge in [-0.15, -0.1) is 0 Å². The van der Waals surface area contributed by atoms with Gasteiger partial charge in [0, 0.05) is 20.1 Å². The molecule has 2 rings (SSSR count). The number of piperidine rings is 1. The van der Waals surface area contributed by atoms with E-state index in [0.29, 0.717) is 18.5 Å². The van der Waals surface area contributed by atoms with Crippen LogP contribution in [-0.2, 0) is 4.79 Å². The van der Waals surface area contributed by atoms with Crippen molar-refractivity contribution in [2.24, 2.45) is 16.6 Å². The Morgan fingerprint density at radius 3 is 2.63 bits per heavy atom. The molecule has 1 heterocycles. The number of rotatable bonds is 2. The van der Waals surface area contributed by atoms with Crippen molar-refractivity contribution in [2.75, 3.05) is 20.1 Å². The predicted octanol–water partition coefficient (Wildman–Crippen LogP) is 1.09. The fourth-order valence-corrected chi connectivity index (χ4v) is 3.08. The van der Waals surface area contributed by atoms with E-state index in [2.05, 4.69) is 15.2 Å². The van der Waals surface area contributed by atoms with Gasteiger partial charge in [-0.1, -0.05) is 19.3 Å². The number of carbonyl (C=O) groups is 1. The van der Waals surface area contributed by atoms with Crippen molar-refractivity contribution in [3.63, 3.8) is 0 Å². The predicted molar refractivity (Wildman–Crippen MR) is 76.9 cm³/mol. The molecular weight excluding hydrogens is 240 g/mol. The molecule has 108 valence electrons. The first-order valence-electron chi connectivity index (χ1n) is 7.50. The van der Waals surface area contributed by atoms with Crippen LogP contribution in [0.5, 0.6) is 0 Å².